The molecule has 4 atom stereocenters. The van der Waals surface area contributed by atoms with Gasteiger partial charge in [0.05, 0.1) is 19.3 Å². The number of carbonyl (C=O) groups excluding carboxylic acids is 1. The summed E-state index contributed by atoms with van der Waals surface area (Å²) in [6.45, 7) is -0.794. The highest BCUT2D eigenvalue weighted by atomic mass is 16.4. The fraction of sp³-hybridized carbons (Fsp3) is 0.545. The van der Waals surface area contributed by atoms with Gasteiger partial charge in [0.2, 0.25) is 0 Å². The second-order valence-electron chi connectivity index (χ2n) is 3.90. The molecule has 0 aliphatic rings. The van der Waals surface area contributed by atoms with Crippen molar-refractivity contribution in [2.75, 3.05) is 6.61 Å². The van der Waals surface area contributed by atoms with E-state index in [1.54, 1.807) is 6.07 Å². The maximum atomic E-state index is 11.5. The molecule has 102 valence electrons. The fourth-order valence-electron chi connectivity index (χ4n) is 1.40. The van der Waals surface area contributed by atoms with Crippen LogP contribution in [0.4, 0.5) is 0 Å². The Bertz CT molecular complexity index is 361. The first-order valence-electron chi connectivity index (χ1n) is 5.35. The molecule has 0 saturated carbocycles. The van der Waals surface area contributed by atoms with E-state index in [0.717, 1.165) is 0 Å². The number of hydrogen-bond acceptors (Lipinski definition) is 7. The average molecular weight is 260 g/mol. The molecule has 5 N–H and O–H groups in total. The highest BCUT2D eigenvalue weighted by molar-refractivity contribution is 5.85. The summed E-state index contributed by atoms with van der Waals surface area (Å²) >= 11 is 0. The third-order valence-corrected chi connectivity index (χ3v) is 2.51. The van der Waals surface area contributed by atoms with Gasteiger partial charge in [-0.3, -0.25) is 4.79 Å². The monoisotopic (exact) mass is 260 g/mol. The molecule has 0 aromatic carbocycles. The molecule has 0 unspecified atom stereocenters. The number of carbonyl (C=O) groups is 1. The quantitative estimate of drug-likeness (QED) is 0.377. The Labute approximate surface area is 103 Å². The van der Waals surface area contributed by atoms with Gasteiger partial charge in [-0.15, -0.1) is 0 Å². The Kier molecular flexibility index (Phi) is 5.45. The van der Waals surface area contributed by atoms with E-state index in [-0.39, 0.29) is 6.42 Å². The van der Waals surface area contributed by atoms with E-state index in [4.69, 9.17) is 14.6 Å². The predicted octanol–water partition coefficient (Wildman–Crippen LogP) is -2.17. The first-order valence-corrected chi connectivity index (χ1v) is 5.35. The van der Waals surface area contributed by atoms with Crippen molar-refractivity contribution in [3.8, 4) is 0 Å². The van der Waals surface area contributed by atoms with Crippen molar-refractivity contribution in [1.82, 2.24) is 0 Å². The van der Waals surface area contributed by atoms with Gasteiger partial charge in [0.1, 0.15) is 30.2 Å². The Morgan fingerprint density at radius 2 is 1.89 bits per heavy atom. The molecule has 1 aromatic rings. The molecule has 0 aliphatic heterocycles. The molecule has 18 heavy (non-hydrogen) atoms. The molecule has 0 spiro atoms. The van der Waals surface area contributed by atoms with Gasteiger partial charge in [-0.2, -0.15) is 0 Å². The van der Waals surface area contributed by atoms with Gasteiger partial charge in [-0.25, -0.2) is 0 Å². The van der Waals surface area contributed by atoms with Crippen molar-refractivity contribution in [2.24, 2.45) is 0 Å². The van der Waals surface area contributed by atoms with Crippen LogP contribution in [0.2, 0.25) is 0 Å². The third-order valence-electron chi connectivity index (χ3n) is 2.51. The first kappa shape index (κ1) is 14.8. The van der Waals surface area contributed by atoms with Gasteiger partial charge in [0.15, 0.2) is 5.78 Å². The largest absolute Gasteiger partial charge is 0.469 e. The standard InChI is InChI=1S/C11H16O7/c12-5-8(14)10(16)11(17)9(15)7(13)4-6-2-1-3-18-6/h1-3,8-12,14-17H,4-5H2/t8-,9+,10-,11-/m1/s1. The smallest absolute Gasteiger partial charge is 0.171 e. The van der Waals surface area contributed by atoms with Crippen LogP contribution in [-0.4, -0.2) is 62.3 Å². The van der Waals surface area contributed by atoms with Crippen LogP contribution in [0.3, 0.4) is 0 Å². The number of hydrogen-bond donors (Lipinski definition) is 5. The van der Waals surface area contributed by atoms with Crippen LogP contribution in [-0.2, 0) is 11.2 Å². The number of furan rings is 1. The van der Waals surface area contributed by atoms with Crippen LogP contribution in [0.25, 0.3) is 0 Å². The van der Waals surface area contributed by atoms with Crippen LogP contribution in [0.5, 0.6) is 0 Å². The Morgan fingerprint density at radius 1 is 1.22 bits per heavy atom. The fourth-order valence-corrected chi connectivity index (χ4v) is 1.40. The highest BCUT2D eigenvalue weighted by Crippen LogP contribution is 2.09. The van der Waals surface area contributed by atoms with E-state index in [1.807, 2.05) is 0 Å². The average Bonchev–Trinajstić information content (AvgIpc) is 2.87. The minimum Gasteiger partial charge on any atom is -0.469 e. The van der Waals surface area contributed by atoms with E-state index in [2.05, 4.69) is 0 Å². The van der Waals surface area contributed by atoms with Crippen molar-refractivity contribution in [3.05, 3.63) is 24.2 Å². The minimum atomic E-state index is -1.88. The molecule has 1 heterocycles. The van der Waals surface area contributed by atoms with Crippen molar-refractivity contribution in [1.29, 1.82) is 0 Å². The molecule has 0 saturated heterocycles. The number of rotatable bonds is 7. The minimum absolute atomic E-state index is 0.243. The Hall–Kier alpha value is -1.25. The predicted molar refractivity (Wildman–Crippen MR) is 58.5 cm³/mol. The van der Waals surface area contributed by atoms with Gasteiger partial charge in [-0.1, -0.05) is 0 Å². The molecule has 0 radical (unpaired) electrons. The van der Waals surface area contributed by atoms with E-state index in [1.165, 1.54) is 12.3 Å². The second kappa shape index (κ2) is 6.62. The topological polar surface area (TPSA) is 131 Å². The normalized spacial score (nSPS) is 18.1. The van der Waals surface area contributed by atoms with Gasteiger partial charge < -0.3 is 29.9 Å². The van der Waals surface area contributed by atoms with Gasteiger partial charge in [-0.05, 0) is 12.1 Å². The molecule has 0 bridgehead atoms. The van der Waals surface area contributed by atoms with E-state index in [0.29, 0.717) is 5.76 Å². The van der Waals surface area contributed by atoms with Crippen molar-refractivity contribution in [2.45, 2.75) is 30.8 Å². The van der Waals surface area contributed by atoms with Crippen LogP contribution in [0.15, 0.2) is 22.8 Å². The maximum absolute atomic E-state index is 11.5. The van der Waals surface area contributed by atoms with Crippen LogP contribution >= 0.6 is 0 Å². The third kappa shape index (κ3) is 3.62. The summed E-state index contributed by atoms with van der Waals surface area (Å²) in [6.07, 6.45) is -6.08. The zero-order valence-corrected chi connectivity index (χ0v) is 9.51. The second-order valence-corrected chi connectivity index (χ2v) is 3.90. The molecule has 1 rings (SSSR count). The van der Waals surface area contributed by atoms with E-state index < -0.39 is 36.8 Å². The molecule has 0 amide bonds. The summed E-state index contributed by atoms with van der Waals surface area (Å²) < 4.78 is 4.90. The number of Topliss-reactive ketones (excluding diaryl/α,β-unsaturated/α-hetero) is 1. The summed E-state index contributed by atoms with van der Waals surface area (Å²) in [5.74, 6) is -0.454. The molecular formula is C11H16O7. The molecule has 7 heteroatoms. The summed E-state index contributed by atoms with van der Waals surface area (Å²) in [7, 11) is 0. The van der Waals surface area contributed by atoms with E-state index in [9.17, 15) is 20.1 Å². The molecule has 1 aromatic heterocycles. The summed E-state index contributed by atoms with van der Waals surface area (Å²) in [5, 5.41) is 46.0. The Balaban J connectivity index is 2.57. The van der Waals surface area contributed by atoms with Crippen LogP contribution in [0, 0.1) is 0 Å². The SMILES string of the molecule is O=C(Cc1ccco1)[C@H](O)[C@@H](O)[C@H](O)[C@H](O)CO. The Morgan fingerprint density at radius 3 is 2.39 bits per heavy atom. The lowest BCUT2D eigenvalue weighted by atomic mass is 9.98. The summed E-state index contributed by atoms with van der Waals surface area (Å²) in [4.78, 5) is 11.5. The highest BCUT2D eigenvalue weighted by Gasteiger charge is 2.34. The lowest BCUT2D eigenvalue weighted by Crippen LogP contribution is -2.49. The van der Waals surface area contributed by atoms with Crippen molar-refractivity contribution < 1.29 is 34.7 Å². The molecule has 0 fully saturated rings. The number of aliphatic hydroxyl groups is 5. The molecule has 0 aliphatic carbocycles. The van der Waals surface area contributed by atoms with E-state index >= 15 is 0 Å². The number of aliphatic hydroxyl groups excluding tert-OH is 5. The maximum Gasteiger partial charge on any atom is 0.171 e. The van der Waals surface area contributed by atoms with Crippen molar-refractivity contribution >= 4 is 5.78 Å². The van der Waals surface area contributed by atoms with Crippen LogP contribution in [0.1, 0.15) is 5.76 Å². The first-order chi connectivity index (χ1) is 8.47. The van der Waals surface area contributed by atoms with Gasteiger partial charge in [0.25, 0.3) is 0 Å². The zero-order chi connectivity index (χ0) is 13.7. The summed E-state index contributed by atoms with van der Waals surface area (Å²) in [6, 6.07) is 3.09. The summed E-state index contributed by atoms with van der Waals surface area (Å²) in [5.41, 5.74) is 0. The zero-order valence-electron chi connectivity index (χ0n) is 9.51. The van der Waals surface area contributed by atoms with Crippen LogP contribution < -0.4 is 0 Å². The molecular weight excluding hydrogens is 244 g/mol. The lowest BCUT2D eigenvalue weighted by Gasteiger charge is -2.24. The van der Waals surface area contributed by atoms with Gasteiger partial charge in [0, 0.05) is 0 Å². The number of ketones is 1. The lowest BCUT2D eigenvalue weighted by molar-refractivity contribution is -0.146. The van der Waals surface area contributed by atoms with Gasteiger partial charge >= 0.3 is 0 Å². The van der Waals surface area contributed by atoms with Crippen molar-refractivity contribution in [3.63, 3.8) is 0 Å². The molecule has 7 nitrogen and oxygen atoms in total.